The molecule has 0 aliphatic heterocycles. The second kappa shape index (κ2) is 10.00. The predicted octanol–water partition coefficient (Wildman–Crippen LogP) is 7.91. The van der Waals surface area contributed by atoms with Crippen LogP contribution in [0, 0.1) is 35.5 Å². The summed E-state index contributed by atoms with van der Waals surface area (Å²) in [5.41, 5.74) is 0. The summed E-state index contributed by atoms with van der Waals surface area (Å²) in [6, 6.07) is 0. The molecule has 0 aromatic heterocycles. The van der Waals surface area contributed by atoms with Gasteiger partial charge >= 0.3 is 6.36 Å². The molecule has 3 aliphatic rings. The van der Waals surface area contributed by atoms with Crippen LogP contribution in [-0.4, -0.2) is 12.5 Å². The Labute approximate surface area is 169 Å². The first-order valence-corrected chi connectivity index (χ1v) is 11.7. The van der Waals surface area contributed by atoms with E-state index in [1.54, 1.807) is 0 Å². The van der Waals surface area contributed by atoms with Crippen LogP contribution in [0.3, 0.4) is 0 Å². The van der Waals surface area contributed by atoms with Crippen molar-refractivity contribution in [3.63, 3.8) is 0 Å². The van der Waals surface area contributed by atoms with Crippen molar-refractivity contribution >= 4 is 0 Å². The second-order valence-corrected chi connectivity index (χ2v) is 9.91. The summed E-state index contributed by atoms with van der Waals surface area (Å²) in [5.74, 6) is 4.10. The van der Waals surface area contributed by atoms with Crippen molar-refractivity contribution in [2.24, 2.45) is 35.5 Å². The summed E-state index contributed by atoms with van der Waals surface area (Å²) in [5, 5.41) is 0. The average Bonchev–Trinajstić information content (AvgIpc) is 2.67. The number of halogens is 3. The van der Waals surface area contributed by atoms with Gasteiger partial charge in [0.05, 0.1) is 6.10 Å². The van der Waals surface area contributed by atoms with E-state index in [1.165, 1.54) is 57.8 Å². The van der Waals surface area contributed by atoms with E-state index in [0.717, 1.165) is 36.5 Å². The van der Waals surface area contributed by atoms with Gasteiger partial charge in [-0.25, -0.2) is 0 Å². The lowest BCUT2D eigenvalue weighted by Crippen LogP contribution is -2.37. The van der Waals surface area contributed by atoms with Crippen molar-refractivity contribution < 1.29 is 17.9 Å². The van der Waals surface area contributed by atoms with Crippen LogP contribution >= 0.6 is 0 Å². The largest absolute Gasteiger partial charge is 0.522 e. The number of rotatable bonds is 5. The zero-order chi connectivity index (χ0) is 20.1. The van der Waals surface area contributed by atoms with E-state index in [9.17, 15) is 13.2 Å². The van der Waals surface area contributed by atoms with Gasteiger partial charge in [-0.1, -0.05) is 19.1 Å². The molecule has 3 unspecified atom stereocenters. The Morgan fingerprint density at radius 2 is 1.29 bits per heavy atom. The number of ether oxygens (including phenoxy) is 1. The van der Waals surface area contributed by atoms with Gasteiger partial charge in [0.25, 0.3) is 0 Å². The molecule has 0 radical (unpaired) electrons. The van der Waals surface area contributed by atoms with E-state index in [4.69, 9.17) is 0 Å². The summed E-state index contributed by atoms with van der Waals surface area (Å²) < 4.78 is 42.0. The van der Waals surface area contributed by atoms with Gasteiger partial charge in [-0.3, -0.25) is 4.74 Å². The molecule has 3 rings (SSSR count). The Morgan fingerprint density at radius 1 is 0.786 bits per heavy atom. The van der Waals surface area contributed by atoms with Crippen LogP contribution in [0.15, 0.2) is 12.2 Å². The fourth-order valence-electron chi connectivity index (χ4n) is 6.50. The number of alkyl halides is 3. The SMILES string of the molecule is C/C=C/CC1CCC(C2CCC(C3CCC(OC(F)(F)F)C(C)C3)CC2)CC1. The highest BCUT2D eigenvalue weighted by atomic mass is 19.4. The third-order valence-corrected chi connectivity index (χ3v) is 8.16. The van der Waals surface area contributed by atoms with Gasteiger partial charge in [0.2, 0.25) is 0 Å². The molecular formula is C24H39F3O. The van der Waals surface area contributed by atoms with Crippen molar-refractivity contribution in [3.8, 4) is 0 Å². The lowest BCUT2D eigenvalue weighted by Gasteiger charge is -2.42. The van der Waals surface area contributed by atoms with Gasteiger partial charge in [-0.05, 0) is 119 Å². The molecule has 0 bridgehead atoms. The van der Waals surface area contributed by atoms with E-state index < -0.39 is 12.5 Å². The molecule has 0 aromatic carbocycles. The maximum absolute atomic E-state index is 12.5. The van der Waals surface area contributed by atoms with E-state index >= 15 is 0 Å². The summed E-state index contributed by atoms with van der Waals surface area (Å²) in [7, 11) is 0. The third kappa shape index (κ3) is 6.24. The van der Waals surface area contributed by atoms with E-state index in [2.05, 4.69) is 23.8 Å². The van der Waals surface area contributed by atoms with E-state index in [-0.39, 0.29) is 5.92 Å². The first-order valence-electron chi connectivity index (χ1n) is 11.7. The summed E-state index contributed by atoms with van der Waals surface area (Å²) in [4.78, 5) is 0. The van der Waals surface area contributed by atoms with E-state index in [0.29, 0.717) is 12.3 Å². The molecule has 28 heavy (non-hydrogen) atoms. The molecule has 0 spiro atoms. The zero-order valence-electron chi connectivity index (χ0n) is 17.7. The standard InChI is InChI=1S/C24H39F3O/c1-3-4-5-18-6-8-19(9-7-18)20-10-12-21(13-11-20)22-14-15-23(17(2)16-22)28-24(25,26)27/h3-4,17-23H,5-16H2,1-2H3/b4-3+. The second-order valence-electron chi connectivity index (χ2n) is 9.91. The van der Waals surface area contributed by atoms with Gasteiger partial charge in [-0.2, -0.15) is 0 Å². The molecule has 162 valence electrons. The quantitative estimate of drug-likeness (QED) is 0.426. The maximum Gasteiger partial charge on any atom is 0.522 e. The Morgan fingerprint density at radius 3 is 1.79 bits per heavy atom. The molecule has 3 atom stereocenters. The molecule has 0 N–H and O–H groups in total. The topological polar surface area (TPSA) is 9.23 Å². The normalized spacial score (nSPS) is 40.7. The molecule has 0 amide bonds. The minimum absolute atomic E-state index is 0.0190. The van der Waals surface area contributed by atoms with Crippen molar-refractivity contribution in [1.82, 2.24) is 0 Å². The van der Waals surface area contributed by atoms with Crippen molar-refractivity contribution in [3.05, 3.63) is 12.2 Å². The molecule has 3 fully saturated rings. The zero-order valence-corrected chi connectivity index (χ0v) is 17.7. The van der Waals surface area contributed by atoms with Crippen molar-refractivity contribution in [1.29, 1.82) is 0 Å². The van der Waals surface area contributed by atoms with Crippen LogP contribution in [0.1, 0.15) is 90.9 Å². The average molecular weight is 401 g/mol. The van der Waals surface area contributed by atoms with Crippen molar-refractivity contribution in [2.75, 3.05) is 0 Å². The highest BCUT2D eigenvalue weighted by Gasteiger charge is 2.41. The van der Waals surface area contributed by atoms with Crippen LogP contribution in [-0.2, 0) is 4.74 Å². The lowest BCUT2D eigenvalue weighted by atomic mass is 9.64. The Kier molecular flexibility index (Phi) is 7.92. The minimum atomic E-state index is -4.49. The van der Waals surface area contributed by atoms with Crippen LogP contribution < -0.4 is 0 Å². The number of allylic oxidation sites excluding steroid dienone is 2. The van der Waals surface area contributed by atoms with Crippen LogP contribution in [0.2, 0.25) is 0 Å². The first-order chi connectivity index (χ1) is 13.4. The Hall–Kier alpha value is -0.510. The molecule has 0 saturated heterocycles. The van der Waals surface area contributed by atoms with Gasteiger partial charge in [0.15, 0.2) is 0 Å². The Bertz CT molecular complexity index is 485. The molecule has 1 nitrogen and oxygen atoms in total. The maximum atomic E-state index is 12.5. The molecule has 3 aliphatic carbocycles. The molecular weight excluding hydrogens is 361 g/mol. The summed E-state index contributed by atoms with van der Waals surface area (Å²) in [6.45, 7) is 4.06. The molecule has 4 heteroatoms. The summed E-state index contributed by atoms with van der Waals surface area (Å²) >= 11 is 0. The highest BCUT2D eigenvalue weighted by Crippen LogP contribution is 2.47. The molecule has 0 aromatic rings. The van der Waals surface area contributed by atoms with Gasteiger partial charge in [0.1, 0.15) is 0 Å². The Balaban J connectivity index is 1.39. The number of hydrogen-bond acceptors (Lipinski definition) is 1. The molecule has 3 saturated carbocycles. The van der Waals surface area contributed by atoms with Gasteiger partial charge < -0.3 is 0 Å². The van der Waals surface area contributed by atoms with Crippen LogP contribution in [0.5, 0.6) is 0 Å². The minimum Gasteiger partial charge on any atom is -0.288 e. The van der Waals surface area contributed by atoms with Gasteiger partial charge in [0, 0.05) is 0 Å². The number of hydrogen-bond donors (Lipinski definition) is 0. The fourth-order valence-corrected chi connectivity index (χ4v) is 6.50. The van der Waals surface area contributed by atoms with Gasteiger partial charge in [-0.15, -0.1) is 13.2 Å². The summed E-state index contributed by atoms with van der Waals surface area (Å²) in [6.07, 6.45) is 13.9. The monoisotopic (exact) mass is 400 g/mol. The van der Waals surface area contributed by atoms with Crippen LogP contribution in [0.25, 0.3) is 0 Å². The first kappa shape index (κ1) is 22.2. The van der Waals surface area contributed by atoms with Crippen molar-refractivity contribution in [2.45, 2.75) is 103 Å². The van der Waals surface area contributed by atoms with Crippen LogP contribution in [0.4, 0.5) is 13.2 Å². The fraction of sp³-hybridized carbons (Fsp3) is 0.917. The van der Waals surface area contributed by atoms with E-state index in [1.807, 2.05) is 6.92 Å². The smallest absolute Gasteiger partial charge is 0.288 e. The third-order valence-electron chi connectivity index (χ3n) is 8.16. The predicted molar refractivity (Wildman–Crippen MR) is 108 cm³/mol. The highest BCUT2D eigenvalue weighted by molar-refractivity contribution is 4.89. The lowest BCUT2D eigenvalue weighted by molar-refractivity contribution is -0.351. The molecule has 0 heterocycles.